The third kappa shape index (κ3) is 5.46. The molecule has 0 aromatic rings. The lowest BCUT2D eigenvalue weighted by Crippen LogP contribution is -2.39. The van der Waals surface area contributed by atoms with E-state index in [2.05, 4.69) is 0 Å². The van der Waals surface area contributed by atoms with Gasteiger partial charge in [-0.25, -0.2) is 12.7 Å². The van der Waals surface area contributed by atoms with E-state index in [-0.39, 0.29) is 29.5 Å². The highest BCUT2D eigenvalue weighted by molar-refractivity contribution is 7.89. The zero-order valence-corrected chi connectivity index (χ0v) is 11.6. The van der Waals surface area contributed by atoms with Gasteiger partial charge in [-0.1, -0.05) is 27.7 Å². The Morgan fingerprint density at radius 1 is 1.44 bits per heavy atom. The van der Waals surface area contributed by atoms with Crippen LogP contribution in [0.3, 0.4) is 0 Å². The van der Waals surface area contributed by atoms with Crippen LogP contribution in [0.2, 0.25) is 0 Å². The van der Waals surface area contributed by atoms with E-state index in [1.165, 1.54) is 11.4 Å². The predicted octanol–water partition coefficient (Wildman–Crippen LogP) is 0.866. The van der Waals surface area contributed by atoms with Crippen molar-refractivity contribution in [3.05, 3.63) is 0 Å². The van der Waals surface area contributed by atoms with Gasteiger partial charge in [-0.15, -0.1) is 0 Å². The molecule has 0 rings (SSSR count). The molecule has 1 unspecified atom stereocenters. The van der Waals surface area contributed by atoms with Gasteiger partial charge in [-0.05, 0) is 5.41 Å². The van der Waals surface area contributed by atoms with Gasteiger partial charge >= 0.3 is 0 Å². The van der Waals surface area contributed by atoms with Gasteiger partial charge in [0.25, 0.3) is 0 Å². The Labute approximate surface area is 98.6 Å². The van der Waals surface area contributed by atoms with Gasteiger partial charge in [0.15, 0.2) is 0 Å². The minimum Gasteiger partial charge on any atom is -0.387 e. The van der Waals surface area contributed by atoms with E-state index in [4.69, 9.17) is 11.1 Å². The summed E-state index contributed by atoms with van der Waals surface area (Å²) in [6.45, 7) is 7.64. The molecular formula is C10H23N3O2S. The third-order valence-electron chi connectivity index (χ3n) is 2.15. The molecule has 1 atom stereocenters. The second-order valence-electron chi connectivity index (χ2n) is 5.45. The average Bonchev–Trinajstić information content (AvgIpc) is 1.98. The van der Waals surface area contributed by atoms with E-state index in [1.807, 2.05) is 20.8 Å². The van der Waals surface area contributed by atoms with Crippen molar-refractivity contribution in [1.82, 2.24) is 4.31 Å². The molecule has 0 fully saturated rings. The van der Waals surface area contributed by atoms with Crippen LogP contribution in [0.15, 0.2) is 0 Å². The van der Waals surface area contributed by atoms with E-state index in [1.54, 1.807) is 6.92 Å². The second kappa shape index (κ2) is 5.14. The van der Waals surface area contributed by atoms with Crippen LogP contribution in [0.1, 0.15) is 27.7 Å². The Morgan fingerprint density at radius 3 is 2.19 bits per heavy atom. The van der Waals surface area contributed by atoms with Gasteiger partial charge in [0.1, 0.15) is 0 Å². The monoisotopic (exact) mass is 249 g/mol. The van der Waals surface area contributed by atoms with Crippen molar-refractivity contribution in [1.29, 1.82) is 5.41 Å². The lowest BCUT2D eigenvalue weighted by atomic mass is 10.0. The van der Waals surface area contributed by atoms with Crippen LogP contribution in [0, 0.1) is 16.7 Å². The summed E-state index contributed by atoms with van der Waals surface area (Å²) in [5.74, 6) is -0.140. The summed E-state index contributed by atoms with van der Waals surface area (Å²) in [6.07, 6.45) is 0. The molecule has 3 N–H and O–H groups in total. The van der Waals surface area contributed by atoms with Crippen molar-refractivity contribution in [2.24, 2.45) is 17.1 Å². The molecular weight excluding hydrogens is 226 g/mol. The summed E-state index contributed by atoms with van der Waals surface area (Å²) in [5, 5.41) is 7.23. The van der Waals surface area contributed by atoms with Gasteiger partial charge in [-0.2, -0.15) is 0 Å². The summed E-state index contributed by atoms with van der Waals surface area (Å²) >= 11 is 0. The smallest absolute Gasteiger partial charge is 0.214 e. The maximum absolute atomic E-state index is 11.9. The number of hydrogen-bond acceptors (Lipinski definition) is 3. The molecule has 0 spiro atoms. The highest BCUT2D eigenvalue weighted by Gasteiger charge is 2.26. The Kier molecular flexibility index (Phi) is 4.94. The predicted molar refractivity (Wildman–Crippen MR) is 66.9 cm³/mol. The molecule has 0 saturated heterocycles. The van der Waals surface area contributed by atoms with Gasteiger partial charge in [0.05, 0.1) is 11.6 Å². The highest BCUT2D eigenvalue weighted by atomic mass is 32.2. The molecule has 16 heavy (non-hydrogen) atoms. The van der Waals surface area contributed by atoms with Gasteiger partial charge < -0.3 is 5.73 Å². The number of rotatable bonds is 5. The summed E-state index contributed by atoms with van der Waals surface area (Å²) in [4.78, 5) is 0. The number of amidine groups is 1. The molecule has 0 saturated carbocycles. The maximum atomic E-state index is 11.9. The van der Waals surface area contributed by atoms with Gasteiger partial charge in [0.2, 0.25) is 10.0 Å². The Morgan fingerprint density at radius 2 is 1.88 bits per heavy atom. The first-order chi connectivity index (χ1) is 6.96. The molecule has 0 aliphatic heterocycles. The molecule has 0 aromatic heterocycles. The largest absolute Gasteiger partial charge is 0.387 e. The summed E-state index contributed by atoms with van der Waals surface area (Å²) in [7, 11) is -1.74. The SMILES string of the molecule is CC(CN(C)S(=O)(=O)CC(C)(C)C)C(=N)N. The number of nitrogens with two attached hydrogens (primary N) is 1. The van der Waals surface area contributed by atoms with Crippen LogP contribution in [0.4, 0.5) is 0 Å². The fourth-order valence-corrected chi connectivity index (χ4v) is 3.02. The second-order valence-corrected chi connectivity index (χ2v) is 7.53. The van der Waals surface area contributed by atoms with Gasteiger partial charge in [0, 0.05) is 19.5 Å². The number of nitrogens with one attached hydrogen (secondary N) is 1. The fraction of sp³-hybridized carbons (Fsp3) is 0.900. The van der Waals surface area contributed by atoms with E-state index in [0.717, 1.165) is 0 Å². The van der Waals surface area contributed by atoms with Crippen LogP contribution in [-0.2, 0) is 10.0 Å². The fourth-order valence-electron chi connectivity index (χ4n) is 1.25. The first kappa shape index (κ1) is 15.4. The van der Waals surface area contributed by atoms with Crippen molar-refractivity contribution in [3.8, 4) is 0 Å². The number of sulfonamides is 1. The first-order valence-electron chi connectivity index (χ1n) is 5.23. The molecule has 96 valence electrons. The van der Waals surface area contributed by atoms with E-state index in [0.29, 0.717) is 0 Å². The van der Waals surface area contributed by atoms with Crippen molar-refractivity contribution >= 4 is 15.9 Å². The van der Waals surface area contributed by atoms with Crippen molar-refractivity contribution in [2.75, 3.05) is 19.3 Å². The standard InChI is InChI=1S/C10H23N3O2S/c1-8(9(11)12)6-13(5)16(14,15)7-10(2,3)4/h8H,6-7H2,1-5H3,(H3,11,12). The summed E-state index contributed by atoms with van der Waals surface area (Å²) in [6, 6.07) is 0. The molecule has 0 amide bonds. The van der Waals surface area contributed by atoms with E-state index >= 15 is 0 Å². The molecule has 6 heteroatoms. The van der Waals surface area contributed by atoms with Crippen LogP contribution in [0.25, 0.3) is 0 Å². The highest BCUT2D eigenvalue weighted by Crippen LogP contribution is 2.18. The zero-order chi connectivity index (χ0) is 13.1. The first-order valence-corrected chi connectivity index (χ1v) is 6.84. The minimum atomic E-state index is -3.27. The normalized spacial score (nSPS) is 15.1. The van der Waals surface area contributed by atoms with Crippen molar-refractivity contribution in [3.63, 3.8) is 0 Å². The molecule has 0 aromatic carbocycles. The average molecular weight is 249 g/mol. The Bertz CT molecular complexity index is 344. The minimum absolute atomic E-state index is 0.0119. The van der Waals surface area contributed by atoms with Crippen LogP contribution < -0.4 is 5.73 Å². The van der Waals surface area contributed by atoms with Crippen molar-refractivity contribution < 1.29 is 8.42 Å². The lowest BCUT2D eigenvalue weighted by Gasteiger charge is -2.25. The Balaban J connectivity index is 4.60. The summed E-state index contributed by atoms with van der Waals surface area (Å²) in [5.41, 5.74) is 5.05. The molecule has 0 aliphatic carbocycles. The third-order valence-corrected chi connectivity index (χ3v) is 4.48. The molecule has 0 bridgehead atoms. The zero-order valence-electron chi connectivity index (χ0n) is 10.7. The quantitative estimate of drug-likeness (QED) is 0.560. The van der Waals surface area contributed by atoms with Gasteiger partial charge in [-0.3, -0.25) is 5.41 Å². The van der Waals surface area contributed by atoms with Crippen LogP contribution in [-0.4, -0.2) is 37.9 Å². The number of nitrogens with zero attached hydrogens (tertiary/aromatic N) is 1. The maximum Gasteiger partial charge on any atom is 0.214 e. The van der Waals surface area contributed by atoms with Crippen LogP contribution in [0.5, 0.6) is 0 Å². The van der Waals surface area contributed by atoms with E-state index in [9.17, 15) is 8.42 Å². The van der Waals surface area contributed by atoms with Crippen molar-refractivity contribution in [2.45, 2.75) is 27.7 Å². The van der Waals surface area contributed by atoms with Crippen LogP contribution >= 0.6 is 0 Å². The molecule has 0 radical (unpaired) electrons. The topological polar surface area (TPSA) is 87.2 Å². The molecule has 5 nitrogen and oxygen atoms in total. The van der Waals surface area contributed by atoms with E-state index < -0.39 is 10.0 Å². The number of hydrogen-bond donors (Lipinski definition) is 2. The summed E-state index contributed by atoms with van der Waals surface area (Å²) < 4.78 is 25.1. The molecule has 0 heterocycles. The molecule has 0 aliphatic rings. The Hall–Kier alpha value is -0.620. The lowest BCUT2D eigenvalue weighted by molar-refractivity contribution is 0.409.